The molecule has 11 heteroatoms. The maximum atomic E-state index is 11.9. The van der Waals surface area contributed by atoms with Crippen LogP contribution in [0.4, 0.5) is 17.1 Å². The number of sulfonamides is 1. The third-order valence-electron chi connectivity index (χ3n) is 4.75. The first-order valence-electron chi connectivity index (χ1n) is 9.13. The molecule has 1 aromatic heterocycles. The highest BCUT2D eigenvalue weighted by Crippen LogP contribution is 2.30. The second-order valence-corrected chi connectivity index (χ2v) is 8.55. The van der Waals surface area contributed by atoms with E-state index in [-0.39, 0.29) is 16.3 Å². The van der Waals surface area contributed by atoms with Gasteiger partial charge in [0.25, 0.3) is 5.69 Å². The summed E-state index contributed by atoms with van der Waals surface area (Å²) in [7, 11) is -2.51. The van der Waals surface area contributed by atoms with Crippen LogP contribution in [0.15, 0.2) is 35.5 Å². The molecule has 0 aliphatic carbocycles. The van der Waals surface area contributed by atoms with E-state index in [9.17, 15) is 18.5 Å². The Bertz CT molecular complexity index is 937. The number of piperidine rings is 1. The first kappa shape index (κ1) is 20.2. The quantitative estimate of drug-likeness (QED) is 0.505. The van der Waals surface area contributed by atoms with Crippen LogP contribution < -0.4 is 10.0 Å². The van der Waals surface area contributed by atoms with Crippen LogP contribution in [0.25, 0.3) is 0 Å². The van der Waals surface area contributed by atoms with Gasteiger partial charge in [-0.2, -0.15) is 5.10 Å². The monoisotopic (exact) mass is 408 g/mol. The van der Waals surface area contributed by atoms with E-state index in [1.54, 1.807) is 17.1 Å². The highest BCUT2D eigenvalue weighted by atomic mass is 32.2. The van der Waals surface area contributed by atoms with E-state index >= 15 is 0 Å². The number of rotatable bonds is 8. The van der Waals surface area contributed by atoms with Gasteiger partial charge in [0.2, 0.25) is 10.0 Å². The molecule has 0 atom stereocenters. The van der Waals surface area contributed by atoms with Gasteiger partial charge in [0.15, 0.2) is 0 Å². The molecule has 2 heterocycles. The Morgan fingerprint density at radius 3 is 2.64 bits per heavy atom. The molecule has 0 saturated carbocycles. The molecule has 0 bridgehead atoms. The van der Waals surface area contributed by atoms with E-state index < -0.39 is 14.9 Å². The van der Waals surface area contributed by atoms with Crippen molar-refractivity contribution in [2.45, 2.75) is 30.7 Å². The summed E-state index contributed by atoms with van der Waals surface area (Å²) in [5, 5.41) is 18.6. The SMILES string of the molecule is CNS(=O)(=O)c1ccc(Nc2cnn(CCN3CCCCC3)c2)c([N+](=O)[O-])c1. The zero-order valence-corrected chi connectivity index (χ0v) is 16.5. The number of nitrogens with zero attached hydrogens (tertiary/aromatic N) is 4. The van der Waals surface area contributed by atoms with Gasteiger partial charge in [-0.05, 0) is 45.1 Å². The molecular formula is C17H24N6O4S. The van der Waals surface area contributed by atoms with Crippen LogP contribution in [0.1, 0.15) is 19.3 Å². The maximum Gasteiger partial charge on any atom is 0.294 e. The summed E-state index contributed by atoms with van der Waals surface area (Å²) in [6, 6.07) is 3.74. The Balaban J connectivity index is 1.71. The third-order valence-corrected chi connectivity index (χ3v) is 6.16. The molecule has 2 aromatic rings. The van der Waals surface area contributed by atoms with Crippen LogP contribution in [0, 0.1) is 10.1 Å². The standard InChI is InChI=1S/C17H24N6O4S/c1-18-28(26,27)15-5-6-16(17(11-15)23(24)25)20-14-12-19-22(13-14)10-9-21-7-3-2-4-8-21/h5-6,11-13,18,20H,2-4,7-10H2,1H3. The number of nitro groups is 1. The summed E-state index contributed by atoms with van der Waals surface area (Å²) in [6.07, 6.45) is 7.13. The van der Waals surface area contributed by atoms with Crippen molar-refractivity contribution in [3.63, 3.8) is 0 Å². The van der Waals surface area contributed by atoms with Crippen LogP contribution >= 0.6 is 0 Å². The molecule has 0 spiro atoms. The number of nitro benzene ring substituents is 1. The van der Waals surface area contributed by atoms with Gasteiger partial charge in [-0.1, -0.05) is 6.42 Å². The molecule has 2 N–H and O–H groups in total. The number of hydrogen-bond donors (Lipinski definition) is 2. The zero-order valence-electron chi connectivity index (χ0n) is 15.7. The smallest absolute Gasteiger partial charge is 0.294 e. The summed E-state index contributed by atoms with van der Waals surface area (Å²) in [5.41, 5.74) is 0.485. The molecule has 1 aliphatic rings. The summed E-state index contributed by atoms with van der Waals surface area (Å²) in [6.45, 7) is 3.88. The van der Waals surface area contributed by atoms with E-state index in [1.807, 2.05) is 0 Å². The first-order valence-corrected chi connectivity index (χ1v) is 10.6. The number of hydrogen-bond acceptors (Lipinski definition) is 7. The van der Waals surface area contributed by atoms with Crippen molar-refractivity contribution in [3.8, 4) is 0 Å². The molecule has 0 amide bonds. The molecule has 1 aliphatic heterocycles. The van der Waals surface area contributed by atoms with Crippen LogP contribution in [0.5, 0.6) is 0 Å². The lowest BCUT2D eigenvalue weighted by Gasteiger charge is -2.26. The first-order chi connectivity index (χ1) is 13.4. The minimum Gasteiger partial charge on any atom is -0.347 e. The summed E-state index contributed by atoms with van der Waals surface area (Å²) < 4.78 is 27.7. The van der Waals surface area contributed by atoms with Crippen LogP contribution in [-0.4, -0.2) is 54.7 Å². The lowest BCUT2D eigenvalue weighted by Crippen LogP contribution is -2.32. The van der Waals surface area contributed by atoms with E-state index in [4.69, 9.17) is 0 Å². The van der Waals surface area contributed by atoms with Gasteiger partial charge in [-0.15, -0.1) is 0 Å². The molecule has 0 unspecified atom stereocenters. The largest absolute Gasteiger partial charge is 0.347 e. The average Bonchev–Trinajstić information content (AvgIpc) is 3.14. The highest BCUT2D eigenvalue weighted by molar-refractivity contribution is 7.89. The van der Waals surface area contributed by atoms with Crippen molar-refractivity contribution in [1.29, 1.82) is 0 Å². The lowest BCUT2D eigenvalue weighted by molar-refractivity contribution is -0.384. The number of nitrogens with one attached hydrogen (secondary N) is 2. The predicted molar refractivity (Wildman–Crippen MR) is 105 cm³/mol. The molecule has 0 radical (unpaired) electrons. The molecule has 1 aromatic carbocycles. The van der Waals surface area contributed by atoms with Gasteiger partial charge in [0.1, 0.15) is 5.69 Å². The van der Waals surface area contributed by atoms with Gasteiger partial charge in [-0.25, -0.2) is 13.1 Å². The van der Waals surface area contributed by atoms with Crippen LogP contribution in [0.3, 0.4) is 0 Å². The minimum atomic E-state index is -3.76. The van der Waals surface area contributed by atoms with Crippen molar-refractivity contribution in [3.05, 3.63) is 40.7 Å². The van der Waals surface area contributed by atoms with Gasteiger partial charge in [-0.3, -0.25) is 14.8 Å². The fraction of sp³-hybridized carbons (Fsp3) is 0.471. The molecule has 152 valence electrons. The van der Waals surface area contributed by atoms with Gasteiger partial charge in [0.05, 0.1) is 28.2 Å². The minimum absolute atomic E-state index is 0.163. The van der Waals surface area contributed by atoms with Crippen LogP contribution in [0.2, 0.25) is 0 Å². The number of likely N-dealkylation sites (tertiary alicyclic amines) is 1. The Labute approximate surface area is 163 Å². The average molecular weight is 408 g/mol. The normalized spacial score (nSPS) is 15.5. The third kappa shape index (κ3) is 4.86. The second-order valence-electron chi connectivity index (χ2n) is 6.66. The molecule has 10 nitrogen and oxygen atoms in total. The number of anilines is 2. The van der Waals surface area contributed by atoms with E-state index in [2.05, 4.69) is 20.0 Å². The molecule has 1 fully saturated rings. The van der Waals surface area contributed by atoms with E-state index in [0.717, 1.165) is 32.2 Å². The van der Waals surface area contributed by atoms with Crippen molar-refractivity contribution < 1.29 is 13.3 Å². The van der Waals surface area contributed by atoms with Gasteiger partial charge >= 0.3 is 0 Å². The zero-order chi connectivity index (χ0) is 20.1. The van der Waals surface area contributed by atoms with Gasteiger partial charge < -0.3 is 10.2 Å². The van der Waals surface area contributed by atoms with Crippen molar-refractivity contribution >= 4 is 27.1 Å². The van der Waals surface area contributed by atoms with Gasteiger partial charge in [0, 0.05) is 18.8 Å². The number of benzene rings is 1. The van der Waals surface area contributed by atoms with Crippen molar-refractivity contribution in [1.82, 2.24) is 19.4 Å². The highest BCUT2D eigenvalue weighted by Gasteiger charge is 2.21. The van der Waals surface area contributed by atoms with Crippen molar-refractivity contribution in [2.75, 3.05) is 32.0 Å². The molecule has 1 saturated heterocycles. The Morgan fingerprint density at radius 1 is 1.21 bits per heavy atom. The summed E-state index contributed by atoms with van der Waals surface area (Å²) in [5.74, 6) is 0. The number of aromatic nitrogens is 2. The maximum absolute atomic E-state index is 11.9. The molecular weight excluding hydrogens is 384 g/mol. The van der Waals surface area contributed by atoms with Crippen molar-refractivity contribution in [2.24, 2.45) is 0 Å². The molecule has 3 rings (SSSR count). The second kappa shape index (κ2) is 8.67. The Kier molecular flexibility index (Phi) is 6.27. The van der Waals surface area contributed by atoms with E-state index in [0.29, 0.717) is 5.69 Å². The fourth-order valence-corrected chi connectivity index (χ4v) is 3.94. The predicted octanol–water partition coefficient (Wildman–Crippen LogP) is 1.93. The van der Waals surface area contributed by atoms with Crippen LogP contribution in [-0.2, 0) is 16.6 Å². The Hall–Kier alpha value is -2.50. The lowest BCUT2D eigenvalue weighted by atomic mass is 10.1. The topological polar surface area (TPSA) is 122 Å². The summed E-state index contributed by atoms with van der Waals surface area (Å²) >= 11 is 0. The van der Waals surface area contributed by atoms with E-state index in [1.165, 1.54) is 38.4 Å². The fourth-order valence-electron chi connectivity index (χ4n) is 3.19. The summed E-state index contributed by atoms with van der Waals surface area (Å²) in [4.78, 5) is 13.0. The Morgan fingerprint density at radius 2 is 1.96 bits per heavy atom. The molecule has 28 heavy (non-hydrogen) atoms.